The number of aromatic nitrogens is 2. The Morgan fingerprint density at radius 2 is 0.803 bits per heavy atom. The summed E-state index contributed by atoms with van der Waals surface area (Å²) < 4.78 is 11.6. The van der Waals surface area contributed by atoms with E-state index in [1.165, 1.54) is 65.2 Å². The molecule has 0 fully saturated rings. The number of para-hydroxylation sites is 4. The predicted molar refractivity (Wildman–Crippen MR) is 278 cm³/mol. The van der Waals surface area contributed by atoms with Crippen molar-refractivity contribution in [3.63, 3.8) is 0 Å². The Bertz CT molecular complexity index is 4230. The van der Waals surface area contributed by atoms with Crippen molar-refractivity contribution in [1.29, 1.82) is 0 Å². The number of hydrogen-bond donors (Lipinski definition) is 0. The van der Waals surface area contributed by atoms with Crippen LogP contribution >= 0.6 is 0 Å². The third-order valence-corrected chi connectivity index (χ3v) is 13.6. The lowest BCUT2D eigenvalue weighted by Gasteiger charge is -2.26. The first kappa shape index (κ1) is 36.6. The van der Waals surface area contributed by atoms with Gasteiger partial charge in [-0.3, -0.25) is 0 Å². The van der Waals surface area contributed by atoms with Crippen molar-refractivity contribution in [1.82, 2.24) is 9.13 Å². The number of nitrogens with zero attached hydrogens (tertiary/aromatic N) is 3. The SMILES string of the molecule is c1ccc(-n2c3ccccc3c3cc(-c4cc5oc6ccc(N(c7ccc8ccccc8c7)c7ccc8c(c7)c7ccccc7n8-c7ccccc7)cc6c5c5ccccc45)ccc32)cc1. The Morgan fingerprint density at radius 1 is 0.303 bits per heavy atom. The van der Waals surface area contributed by atoms with Crippen molar-refractivity contribution in [2.75, 3.05) is 4.90 Å². The maximum Gasteiger partial charge on any atom is 0.136 e. The number of furan rings is 1. The lowest BCUT2D eigenvalue weighted by atomic mass is 9.94. The van der Waals surface area contributed by atoms with Crippen LogP contribution in [0, 0.1) is 0 Å². The minimum atomic E-state index is 0.859. The first-order valence-electron chi connectivity index (χ1n) is 22.6. The zero-order valence-electron chi connectivity index (χ0n) is 35.8. The minimum Gasteiger partial charge on any atom is -0.456 e. The Balaban J connectivity index is 0.967. The van der Waals surface area contributed by atoms with Crippen LogP contribution in [0.1, 0.15) is 0 Å². The monoisotopic (exact) mass is 841 g/mol. The topological polar surface area (TPSA) is 26.2 Å². The Morgan fingerprint density at radius 3 is 1.50 bits per heavy atom. The standard InChI is InChI=1S/C62H39N3O/c1-3-17-43(18-4-1)64-56-25-13-11-22-49(56)53-36-42(28-32-58(53)64)52-39-61-62(51-24-10-9-21-48(51)52)55-38-47(31-34-60(55)66-61)63(45-29-27-40-15-7-8-16-41(40)35-45)46-30-33-59-54(37-46)50-23-12-14-26-57(50)65(59)44-19-5-2-6-20-44/h1-39H. The van der Waals surface area contributed by atoms with E-state index in [1.807, 2.05) is 0 Å². The van der Waals surface area contributed by atoms with Crippen molar-refractivity contribution in [2.45, 2.75) is 0 Å². The zero-order valence-corrected chi connectivity index (χ0v) is 35.8. The van der Waals surface area contributed by atoms with Crippen LogP contribution in [0.2, 0.25) is 0 Å². The van der Waals surface area contributed by atoms with Gasteiger partial charge in [0.25, 0.3) is 0 Å². The average molecular weight is 842 g/mol. The molecule has 0 bridgehead atoms. The molecule has 3 aromatic heterocycles. The molecule has 0 spiro atoms. The number of fused-ring (bicyclic) bond motifs is 12. The first-order chi connectivity index (χ1) is 32.7. The van der Waals surface area contributed by atoms with Gasteiger partial charge in [0, 0.05) is 60.8 Å². The van der Waals surface area contributed by atoms with Gasteiger partial charge in [0.2, 0.25) is 0 Å². The molecule has 0 radical (unpaired) electrons. The summed E-state index contributed by atoms with van der Waals surface area (Å²) in [7, 11) is 0. The van der Waals surface area contributed by atoms with Crippen molar-refractivity contribution >= 4 is 104 Å². The van der Waals surface area contributed by atoms with Crippen molar-refractivity contribution in [3.05, 3.63) is 237 Å². The van der Waals surface area contributed by atoms with Crippen LogP contribution in [0.25, 0.3) is 110 Å². The zero-order chi connectivity index (χ0) is 43.3. The highest BCUT2D eigenvalue weighted by molar-refractivity contribution is 6.23. The molecule has 0 atom stereocenters. The van der Waals surface area contributed by atoms with E-state index in [2.05, 4.69) is 251 Å². The number of benzene rings is 11. The maximum absolute atomic E-state index is 6.87. The molecule has 0 saturated heterocycles. The summed E-state index contributed by atoms with van der Waals surface area (Å²) in [5.74, 6) is 0. The third kappa shape index (κ3) is 5.52. The molecular formula is C62H39N3O. The van der Waals surface area contributed by atoms with E-state index in [1.54, 1.807) is 0 Å². The van der Waals surface area contributed by atoms with Gasteiger partial charge in [0.05, 0.1) is 22.1 Å². The largest absolute Gasteiger partial charge is 0.456 e. The summed E-state index contributed by atoms with van der Waals surface area (Å²) in [4.78, 5) is 2.40. The van der Waals surface area contributed by atoms with E-state index in [-0.39, 0.29) is 0 Å². The molecule has 0 saturated carbocycles. The molecule has 0 amide bonds. The molecule has 4 heteroatoms. The van der Waals surface area contributed by atoms with Gasteiger partial charge in [-0.05, 0) is 136 Å². The summed E-state index contributed by atoms with van der Waals surface area (Å²) in [6.07, 6.45) is 0. The van der Waals surface area contributed by atoms with Gasteiger partial charge in [0.1, 0.15) is 11.2 Å². The second-order valence-electron chi connectivity index (χ2n) is 17.3. The molecule has 66 heavy (non-hydrogen) atoms. The van der Waals surface area contributed by atoms with Crippen LogP contribution in [0.3, 0.4) is 0 Å². The molecule has 11 aromatic carbocycles. The van der Waals surface area contributed by atoms with Crippen LogP contribution in [0.4, 0.5) is 17.1 Å². The highest BCUT2D eigenvalue weighted by atomic mass is 16.3. The molecule has 0 unspecified atom stereocenters. The fraction of sp³-hybridized carbons (Fsp3) is 0. The van der Waals surface area contributed by atoms with E-state index in [9.17, 15) is 0 Å². The van der Waals surface area contributed by atoms with E-state index in [0.717, 1.165) is 61.5 Å². The Labute approximate surface area is 380 Å². The van der Waals surface area contributed by atoms with Crippen LogP contribution in [-0.4, -0.2) is 9.13 Å². The summed E-state index contributed by atoms with van der Waals surface area (Å²) >= 11 is 0. The lowest BCUT2D eigenvalue weighted by molar-refractivity contribution is 0.669. The molecule has 0 aliphatic rings. The van der Waals surface area contributed by atoms with Gasteiger partial charge in [0.15, 0.2) is 0 Å². The molecule has 0 N–H and O–H groups in total. The van der Waals surface area contributed by atoms with Gasteiger partial charge in [-0.15, -0.1) is 0 Å². The summed E-state index contributed by atoms with van der Waals surface area (Å²) in [5.41, 5.74) is 14.3. The van der Waals surface area contributed by atoms with Gasteiger partial charge >= 0.3 is 0 Å². The summed E-state index contributed by atoms with van der Waals surface area (Å²) in [6.45, 7) is 0. The number of anilines is 3. The molecule has 0 aliphatic carbocycles. The van der Waals surface area contributed by atoms with Crippen LogP contribution in [0.15, 0.2) is 241 Å². The Hall–Kier alpha value is -8.86. The smallest absolute Gasteiger partial charge is 0.136 e. The summed E-state index contributed by atoms with van der Waals surface area (Å²) in [5, 5.41) is 11.8. The highest BCUT2D eigenvalue weighted by Crippen LogP contribution is 2.46. The normalized spacial score (nSPS) is 11.9. The molecular weight excluding hydrogens is 803 g/mol. The molecule has 14 rings (SSSR count). The van der Waals surface area contributed by atoms with Gasteiger partial charge in [-0.25, -0.2) is 0 Å². The average Bonchev–Trinajstić information content (AvgIpc) is 4.04. The molecule has 0 aliphatic heterocycles. The fourth-order valence-electron chi connectivity index (χ4n) is 10.7. The van der Waals surface area contributed by atoms with Crippen LogP contribution in [0.5, 0.6) is 0 Å². The van der Waals surface area contributed by atoms with Gasteiger partial charge in [-0.2, -0.15) is 0 Å². The molecule has 3 heterocycles. The second kappa shape index (κ2) is 14.3. The molecule has 14 aromatic rings. The van der Waals surface area contributed by atoms with Crippen LogP contribution in [-0.2, 0) is 0 Å². The minimum absolute atomic E-state index is 0.859. The van der Waals surface area contributed by atoms with E-state index in [0.29, 0.717) is 0 Å². The lowest BCUT2D eigenvalue weighted by Crippen LogP contribution is -2.10. The van der Waals surface area contributed by atoms with E-state index < -0.39 is 0 Å². The van der Waals surface area contributed by atoms with Gasteiger partial charge in [-0.1, -0.05) is 133 Å². The van der Waals surface area contributed by atoms with Crippen molar-refractivity contribution < 1.29 is 4.42 Å². The van der Waals surface area contributed by atoms with E-state index >= 15 is 0 Å². The van der Waals surface area contributed by atoms with Gasteiger partial charge < -0.3 is 18.5 Å². The van der Waals surface area contributed by atoms with Crippen molar-refractivity contribution in [2.24, 2.45) is 0 Å². The fourth-order valence-corrected chi connectivity index (χ4v) is 10.7. The predicted octanol–water partition coefficient (Wildman–Crippen LogP) is 17.2. The highest BCUT2D eigenvalue weighted by Gasteiger charge is 2.22. The first-order valence-corrected chi connectivity index (χ1v) is 22.6. The second-order valence-corrected chi connectivity index (χ2v) is 17.3. The maximum atomic E-state index is 6.87. The molecule has 4 nitrogen and oxygen atoms in total. The number of rotatable bonds is 6. The molecule has 308 valence electrons. The third-order valence-electron chi connectivity index (χ3n) is 13.6. The van der Waals surface area contributed by atoms with E-state index in [4.69, 9.17) is 4.42 Å². The van der Waals surface area contributed by atoms with Crippen molar-refractivity contribution in [3.8, 4) is 22.5 Å². The number of hydrogen-bond acceptors (Lipinski definition) is 2. The quantitative estimate of drug-likeness (QED) is 0.167. The summed E-state index contributed by atoms with van der Waals surface area (Å²) in [6, 6.07) is 85.7. The Kier molecular flexibility index (Phi) is 7.95. The van der Waals surface area contributed by atoms with Crippen LogP contribution < -0.4 is 4.90 Å².